The molecule has 0 amide bonds. The van der Waals surface area contributed by atoms with Gasteiger partial charge in [0.15, 0.2) is 0 Å². The van der Waals surface area contributed by atoms with Crippen molar-refractivity contribution < 1.29 is 13.2 Å². The zero-order valence-electron chi connectivity index (χ0n) is 10.9. The van der Waals surface area contributed by atoms with Gasteiger partial charge in [0.1, 0.15) is 0 Å². The van der Waals surface area contributed by atoms with Crippen LogP contribution < -0.4 is 10.0 Å². The van der Waals surface area contributed by atoms with Gasteiger partial charge in [0, 0.05) is 18.8 Å². The van der Waals surface area contributed by atoms with E-state index in [1.807, 2.05) is 6.07 Å². The number of hydrogen-bond donors (Lipinski definition) is 2. The number of hydrogen-bond acceptors (Lipinski definition) is 4. The second-order valence-electron chi connectivity index (χ2n) is 4.16. The summed E-state index contributed by atoms with van der Waals surface area (Å²) in [5, 5.41) is 3.30. The van der Waals surface area contributed by atoms with E-state index in [0.717, 1.165) is 18.4 Å². The minimum Gasteiger partial charge on any atom is -0.383 e. The van der Waals surface area contributed by atoms with Crippen LogP contribution in [-0.2, 0) is 14.8 Å². The van der Waals surface area contributed by atoms with Crippen LogP contribution in [0.5, 0.6) is 0 Å². The van der Waals surface area contributed by atoms with Gasteiger partial charge in [-0.05, 0) is 24.6 Å². The van der Waals surface area contributed by atoms with Crippen LogP contribution in [0, 0.1) is 0 Å². The van der Waals surface area contributed by atoms with Crippen molar-refractivity contribution in [2.45, 2.75) is 19.4 Å². The Labute approximate surface area is 109 Å². The van der Waals surface area contributed by atoms with E-state index in [2.05, 4.69) is 17.0 Å². The van der Waals surface area contributed by atoms with Gasteiger partial charge < -0.3 is 10.1 Å². The Morgan fingerprint density at radius 3 is 2.56 bits per heavy atom. The van der Waals surface area contributed by atoms with Crippen molar-refractivity contribution in [3.8, 4) is 0 Å². The van der Waals surface area contributed by atoms with Gasteiger partial charge >= 0.3 is 0 Å². The molecular weight excluding hydrogens is 252 g/mol. The van der Waals surface area contributed by atoms with Gasteiger partial charge in [-0.15, -0.1) is 0 Å². The lowest BCUT2D eigenvalue weighted by Gasteiger charge is -2.17. The lowest BCUT2D eigenvalue weighted by molar-refractivity contribution is 0.184. The minimum absolute atomic E-state index is 0.212. The van der Waals surface area contributed by atoms with E-state index < -0.39 is 10.0 Å². The quantitative estimate of drug-likeness (QED) is 0.795. The number of sulfonamides is 1. The molecule has 1 rings (SSSR count). The average molecular weight is 272 g/mol. The summed E-state index contributed by atoms with van der Waals surface area (Å²) in [5.41, 5.74) is 1.42. The third-order valence-electron chi connectivity index (χ3n) is 2.40. The Hall–Kier alpha value is -1.27. The van der Waals surface area contributed by atoms with Gasteiger partial charge in [-0.2, -0.15) is 0 Å². The van der Waals surface area contributed by atoms with E-state index in [0.29, 0.717) is 12.3 Å². The first-order chi connectivity index (χ1) is 8.44. The highest BCUT2D eigenvalue weighted by atomic mass is 32.2. The number of nitrogens with one attached hydrogen (secondary N) is 2. The molecule has 102 valence electrons. The van der Waals surface area contributed by atoms with Crippen molar-refractivity contribution in [2.24, 2.45) is 0 Å². The van der Waals surface area contributed by atoms with Crippen LogP contribution in [0.4, 0.5) is 11.4 Å². The van der Waals surface area contributed by atoms with Crippen LogP contribution in [0.2, 0.25) is 0 Å². The molecule has 1 aromatic rings. The van der Waals surface area contributed by atoms with Crippen LogP contribution in [0.1, 0.15) is 13.3 Å². The zero-order chi connectivity index (χ0) is 13.6. The molecule has 18 heavy (non-hydrogen) atoms. The highest BCUT2D eigenvalue weighted by Gasteiger charge is 2.07. The van der Waals surface area contributed by atoms with Crippen LogP contribution in [0.15, 0.2) is 24.3 Å². The molecule has 0 radical (unpaired) electrons. The molecule has 0 aromatic heterocycles. The molecule has 5 nitrogen and oxygen atoms in total. The number of ether oxygens (including phenoxy) is 1. The van der Waals surface area contributed by atoms with E-state index in [9.17, 15) is 8.42 Å². The molecule has 0 saturated carbocycles. The summed E-state index contributed by atoms with van der Waals surface area (Å²) in [4.78, 5) is 0. The predicted molar refractivity (Wildman–Crippen MR) is 74.5 cm³/mol. The Morgan fingerprint density at radius 2 is 2.00 bits per heavy atom. The maximum atomic E-state index is 11.1. The molecule has 0 fully saturated rings. The Kier molecular flexibility index (Phi) is 5.43. The largest absolute Gasteiger partial charge is 0.383 e. The molecular formula is C12H20N2O3S. The maximum absolute atomic E-state index is 11.1. The SMILES string of the molecule is CCC(COC)Nc1cccc(NS(C)(=O)=O)c1. The number of anilines is 2. The smallest absolute Gasteiger partial charge is 0.229 e. The lowest BCUT2D eigenvalue weighted by Crippen LogP contribution is -2.23. The molecule has 0 heterocycles. The van der Waals surface area contributed by atoms with Gasteiger partial charge in [-0.3, -0.25) is 4.72 Å². The second kappa shape index (κ2) is 6.61. The molecule has 0 bridgehead atoms. The third-order valence-corrected chi connectivity index (χ3v) is 3.00. The van der Waals surface area contributed by atoms with Crippen LogP contribution in [0.3, 0.4) is 0 Å². The van der Waals surface area contributed by atoms with Crippen molar-refractivity contribution in [1.29, 1.82) is 0 Å². The van der Waals surface area contributed by atoms with Gasteiger partial charge in [-0.25, -0.2) is 8.42 Å². The van der Waals surface area contributed by atoms with E-state index in [1.165, 1.54) is 0 Å². The van der Waals surface area contributed by atoms with Crippen molar-refractivity contribution in [3.63, 3.8) is 0 Å². The van der Waals surface area contributed by atoms with Gasteiger partial charge in [0.05, 0.1) is 18.6 Å². The van der Waals surface area contributed by atoms with E-state index in [1.54, 1.807) is 25.3 Å². The average Bonchev–Trinajstić information content (AvgIpc) is 2.26. The standard InChI is InChI=1S/C12H20N2O3S/c1-4-10(9-17-2)13-11-6-5-7-12(8-11)14-18(3,15)16/h5-8,10,13-14H,4,9H2,1-3H3. The minimum atomic E-state index is -3.24. The van der Waals surface area contributed by atoms with Crippen LogP contribution in [0.25, 0.3) is 0 Å². The molecule has 6 heteroatoms. The van der Waals surface area contributed by atoms with Crippen molar-refractivity contribution >= 4 is 21.4 Å². The van der Waals surface area contributed by atoms with E-state index in [4.69, 9.17) is 4.74 Å². The molecule has 0 aliphatic heterocycles. The summed E-state index contributed by atoms with van der Waals surface area (Å²) < 4.78 is 29.8. The molecule has 0 aliphatic rings. The van der Waals surface area contributed by atoms with Crippen molar-refractivity contribution in [2.75, 3.05) is 30.0 Å². The van der Waals surface area contributed by atoms with E-state index >= 15 is 0 Å². The molecule has 1 unspecified atom stereocenters. The number of benzene rings is 1. The normalized spacial score (nSPS) is 13.1. The molecule has 2 N–H and O–H groups in total. The molecule has 0 spiro atoms. The zero-order valence-corrected chi connectivity index (χ0v) is 11.8. The fraction of sp³-hybridized carbons (Fsp3) is 0.500. The Bertz CT molecular complexity index is 474. The van der Waals surface area contributed by atoms with Gasteiger partial charge in [0.25, 0.3) is 0 Å². The van der Waals surface area contributed by atoms with Crippen LogP contribution in [-0.4, -0.2) is 34.4 Å². The Morgan fingerprint density at radius 1 is 1.33 bits per heavy atom. The first kappa shape index (κ1) is 14.8. The van der Waals surface area contributed by atoms with Crippen molar-refractivity contribution in [3.05, 3.63) is 24.3 Å². The highest BCUT2D eigenvalue weighted by molar-refractivity contribution is 7.92. The first-order valence-corrected chi connectivity index (χ1v) is 7.67. The summed E-state index contributed by atoms with van der Waals surface area (Å²) in [6.45, 7) is 2.68. The molecule has 1 aromatic carbocycles. The van der Waals surface area contributed by atoms with E-state index in [-0.39, 0.29) is 6.04 Å². The summed E-state index contributed by atoms with van der Waals surface area (Å²) in [7, 11) is -1.58. The first-order valence-electron chi connectivity index (χ1n) is 5.78. The summed E-state index contributed by atoms with van der Waals surface area (Å²) in [6, 6.07) is 7.38. The Balaban J connectivity index is 2.75. The summed E-state index contributed by atoms with van der Waals surface area (Å²) >= 11 is 0. The fourth-order valence-electron chi connectivity index (χ4n) is 1.59. The summed E-state index contributed by atoms with van der Waals surface area (Å²) in [6.07, 6.45) is 2.06. The topological polar surface area (TPSA) is 67.4 Å². The number of rotatable bonds is 7. The molecule has 1 atom stereocenters. The van der Waals surface area contributed by atoms with Crippen molar-refractivity contribution in [1.82, 2.24) is 0 Å². The van der Waals surface area contributed by atoms with Gasteiger partial charge in [-0.1, -0.05) is 13.0 Å². The van der Waals surface area contributed by atoms with Gasteiger partial charge in [0.2, 0.25) is 10.0 Å². The molecule has 0 aliphatic carbocycles. The fourth-order valence-corrected chi connectivity index (χ4v) is 2.14. The highest BCUT2D eigenvalue weighted by Crippen LogP contribution is 2.17. The predicted octanol–water partition coefficient (Wildman–Crippen LogP) is 1.89. The second-order valence-corrected chi connectivity index (χ2v) is 5.91. The van der Waals surface area contributed by atoms with Crippen LogP contribution >= 0.6 is 0 Å². The summed E-state index contributed by atoms with van der Waals surface area (Å²) in [5.74, 6) is 0. The monoisotopic (exact) mass is 272 g/mol. The molecule has 0 saturated heterocycles. The maximum Gasteiger partial charge on any atom is 0.229 e. The number of methoxy groups -OCH3 is 1. The lowest BCUT2D eigenvalue weighted by atomic mass is 10.2. The third kappa shape index (κ3) is 5.37.